The van der Waals surface area contributed by atoms with E-state index < -0.39 is 5.97 Å². The largest absolute Gasteiger partial charge is 0.507 e. The third-order valence-corrected chi connectivity index (χ3v) is 12.2. The fourth-order valence-electron chi connectivity index (χ4n) is 8.69. The summed E-state index contributed by atoms with van der Waals surface area (Å²) in [6.07, 6.45) is 11.5. The number of allylic oxidation sites excluding steroid dienone is 2. The summed E-state index contributed by atoms with van der Waals surface area (Å²) in [5.74, 6) is 2.60. The highest BCUT2D eigenvalue weighted by atomic mass is 32.2. The molecule has 4 aliphatic rings. The van der Waals surface area contributed by atoms with Crippen molar-refractivity contribution in [1.29, 1.82) is 0 Å². The number of aromatic nitrogens is 1. The first-order valence-corrected chi connectivity index (χ1v) is 20.6. The lowest BCUT2D eigenvalue weighted by atomic mass is 9.72. The van der Waals surface area contributed by atoms with Crippen molar-refractivity contribution in [1.82, 2.24) is 14.8 Å². The van der Waals surface area contributed by atoms with E-state index in [0.717, 1.165) is 55.8 Å². The fraction of sp³-hybridized carbons (Fsp3) is 0.571. The van der Waals surface area contributed by atoms with Gasteiger partial charge in [0.25, 0.3) is 0 Å². The highest BCUT2D eigenvalue weighted by molar-refractivity contribution is 7.98. The smallest absolute Gasteiger partial charge is 0.342 e. The molecule has 2 fully saturated rings. The Bertz CT molecular complexity index is 1780. The van der Waals surface area contributed by atoms with Crippen LogP contribution in [-0.2, 0) is 38.5 Å². The predicted molar refractivity (Wildman–Crippen MR) is 210 cm³/mol. The molecule has 4 heterocycles. The zero-order valence-electron chi connectivity index (χ0n) is 32.1. The van der Waals surface area contributed by atoms with Crippen molar-refractivity contribution in [3.05, 3.63) is 69.4 Å². The standard InChI is InChI=1S/C23H31NO7.C19H26N2S/c1-15(5-7-19(25)30-13-10-24-8-11-29-12-9-24)4-6-17-21(26)20-18(14-31-23(20)27)16(2)22(17)28-3;1-3-7-21-11-13(12-22-2)8-16-15-5-4-6-17-19(15)14(10-20-17)9-18(16)21/h4,26H,5-14H2,1-3H3;4-6,10,13,16,18,20H,3,7-9,11-12H2,1-2H3/b15-4+;/t;13-,16-,18-/m.1/s1. The summed E-state index contributed by atoms with van der Waals surface area (Å²) in [6.45, 7) is 13.1. The van der Waals surface area contributed by atoms with E-state index in [2.05, 4.69) is 52.4 Å². The summed E-state index contributed by atoms with van der Waals surface area (Å²) in [6, 6.07) is 7.58. The number of hydrogen-bond donors (Lipinski definition) is 2. The Hall–Kier alpha value is -3.51. The number of carbonyl (C=O) groups excluding carboxylic acids is 2. The number of ether oxygens (including phenoxy) is 4. The molecule has 3 atom stereocenters. The summed E-state index contributed by atoms with van der Waals surface area (Å²) in [5.41, 5.74) is 7.71. The normalized spacial score (nSPS) is 21.4. The van der Waals surface area contributed by atoms with Crippen molar-refractivity contribution in [2.45, 2.75) is 77.9 Å². The van der Waals surface area contributed by atoms with Crippen LogP contribution < -0.4 is 4.74 Å². The maximum absolute atomic E-state index is 12.0. The minimum atomic E-state index is -0.514. The molecule has 0 saturated carbocycles. The van der Waals surface area contributed by atoms with E-state index in [1.165, 1.54) is 54.6 Å². The molecule has 0 bridgehead atoms. The van der Waals surface area contributed by atoms with Crippen LogP contribution in [0.2, 0.25) is 0 Å². The summed E-state index contributed by atoms with van der Waals surface area (Å²) in [7, 11) is 1.54. The number of likely N-dealkylation sites (tertiary alicyclic amines) is 1. The highest BCUT2D eigenvalue weighted by Crippen LogP contribution is 2.45. The van der Waals surface area contributed by atoms with Crippen molar-refractivity contribution < 1.29 is 33.6 Å². The molecular formula is C42H57N3O7S. The van der Waals surface area contributed by atoms with E-state index in [-0.39, 0.29) is 23.9 Å². The Balaban J connectivity index is 0.000000191. The topological polar surface area (TPSA) is 114 Å². The van der Waals surface area contributed by atoms with Gasteiger partial charge in [0.05, 0.1) is 20.3 Å². The second-order valence-corrected chi connectivity index (χ2v) is 15.8. The molecule has 3 aliphatic heterocycles. The van der Waals surface area contributed by atoms with Crippen molar-refractivity contribution in [3.8, 4) is 11.5 Å². The van der Waals surface area contributed by atoms with E-state index in [1.54, 1.807) is 12.7 Å². The number of hydrogen-bond acceptors (Lipinski definition) is 10. The first-order chi connectivity index (χ1) is 25.7. The number of cyclic esters (lactones) is 1. The van der Waals surface area contributed by atoms with Crippen LogP contribution in [0.1, 0.15) is 83.6 Å². The van der Waals surface area contributed by atoms with Gasteiger partial charge in [0.1, 0.15) is 30.3 Å². The van der Waals surface area contributed by atoms with Crippen molar-refractivity contribution in [2.24, 2.45) is 5.92 Å². The lowest BCUT2D eigenvalue weighted by Crippen LogP contribution is -2.50. The molecular weight excluding hydrogens is 691 g/mol. The first-order valence-electron chi connectivity index (χ1n) is 19.2. The number of H-pyrrole nitrogens is 1. The lowest BCUT2D eigenvalue weighted by molar-refractivity contribution is -0.144. The number of phenolic OH excluding ortho intramolecular Hbond substituents is 1. The number of carbonyl (C=O) groups is 2. The number of methoxy groups -OCH3 is 1. The molecule has 3 aromatic rings. The number of aromatic amines is 1. The summed E-state index contributed by atoms with van der Waals surface area (Å²) in [4.78, 5) is 32.5. The Kier molecular flexibility index (Phi) is 13.5. The van der Waals surface area contributed by atoms with E-state index in [9.17, 15) is 14.7 Å². The average Bonchev–Trinajstić information content (AvgIpc) is 3.77. The summed E-state index contributed by atoms with van der Waals surface area (Å²) >= 11 is 2.01. The zero-order chi connectivity index (χ0) is 37.5. The molecule has 2 N–H and O–H groups in total. The van der Waals surface area contributed by atoms with Crippen LogP contribution in [0.4, 0.5) is 0 Å². The number of aromatic hydroxyl groups is 1. The number of nitrogens with one attached hydrogen (secondary N) is 1. The zero-order valence-corrected chi connectivity index (χ0v) is 32.9. The van der Waals surface area contributed by atoms with Crippen LogP contribution >= 0.6 is 11.8 Å². The quantitative estimate of drug-likeness (QED) is 0.143. The molecule has 0 unspecified atom stereocenters. The molecule has 0 spiro atoms. The number of fused-ring (bicyclic) bond motifs is 3. The van der Waals surface area contributed by atoms with E-state index >= 15 is 0 Å². The molecule has 10 nitrogen and oxygen atoms in total. The Labute approximate surface area is 318 Å². The molecule has 1 aromatic heterocycles. The second-order valence-electron chi connectivity index (χ2n) is 14.9. The second kappa shape index (κ2) is 18.2. The van der Waals surface area contributed by atoms with Gasteiger partial charge in [-0.1, -0.05) is 30.7 Å². The van der Waals surface area contributed by atoms with Gasteiger partial charge in [0, 0.05) is 72.8 Å². The SMILES string of the molecule is CCCN1C[C@H](CSC)C[C@@H]2c3cccc4[nH]cc(c34)C[C@H]21.COc1c(C)c2c(c(O)c1C/C=C(\C)CCC(=O)OCCN1CCOCC1)C(=O)OC2. The van der Waals surface area contributed by atoms with Crippen LogP contribution in [-0.4, -0.2) is 110 Å². The van der Waals surface area contributed by atoms with Crippen LogP contribution in [0.5, 0.6) is 11.5 Å². The van der Waals surface area contributed by atoms with Gasteiger partial charge < -0.3 is 29.0 Å². The molecule has 7 rings (SSSR count). The minimum absolute atomic E-state index is 0.0912. The Morgan fingerprint density at radius 2 is 2.00 bits per heavy atom. The van der Waals surface area contributed by atoms with Crippen LogP contribution in [0.15, 0.2) is 36.0 Å². The molecule has 1 aliphatic carbocycles. The van der Waals surface area contributed by atoms with Crippen LogP contribution in [0.25, 0.3) is 10.9 Å². The Morgan fingerprint density at radius 1 is 1.19 bits per heavy atom. The van der Waals surface area contributed by atoms with Gasteiger partial charge >= 0.3 is 11.9 Å². The fourth-order valence-corrected chi connectivity index (χ4v) is 9.40. The van der Waals surface area contributed by atoms with Crippen LogP contribution in [0, 0.1) is 12.8 Å². The van der Waals surface area contributed by atoms with Crippen molar-refractivity contribution in [2.75, 3.05) is 71.7 Å². The van der Waals surface area contributed by atoms with E-state index in [0.29, 0.717) is 48.8 Å². The van der Waals surface area contributed by atoms with Gasteiger partial charge in [0.2, 0.25) is 0 Å². The van der Waals surface area contributed by atoms with Crippen LogP contribution in [0.3, 0.4) is 0 Å². The summed E-state index contributed by atoms with van der Waals surface area (Å²) < 4.78 is 21.2. The molecule has 11 heteroatoms. The minimum Gasteiger partial charge on any atom is -0.507 e. The molecule has 0 amide bonds. The monoisotopic (exact) mass is 747 g/mol. The lowest BCUT2D eigenvalue weighted by Gasteiger charge is -2.47. The maximum Gasteiger partial charge on any atom is 0.342 e. The number of nitrogens with zero attached hydrogens (tertiary/aromatic N) is 2. The number of rotatable bonds is 13. The molecule has 288 valence electrons. The molecule has 2 aromatic carbocycles. The van der Waals surface area contributed by atoms with Gasteiger partial charge in [-0.3, -0.25) is 14.6 Å². The van der Waals surface area contributed by atoms with E-state index in [1.807, 2.05) is 31.7 Å². The van der Waals surface area contributed by atoms with E-state index in [4.69, 9.17) is 18.9 Å². The van der Waals surface area contributed by atoms with Crippen molar-refractivity contribution >= 4 is 34.6 Å². The molecule has 0 radical (unpaired) electrons. The average molecular weight is 748 g/mol. The van der Waals surface area contributed by atoms with Gasteiger partial charge in [-0.15, -0.1) is 0 Å². The number of thioether (sulfide) groups is 1. The number of morpholine rings is 1. The maximum atomic E-state index is 12.0. The number of phenols is 1. The summed E-state index contributed by atoms with van der Waals surface area (Å²) in [5, 5.41) is 12.2. The van der Waals surface area contributed by atoms with Gasteiger partial charge in [0.15, 0.2) is 0 Å². The number of benzene rings is 2. The molecule has 53 heavy (non-hydrogen) atoms. The van der Waals surface area contributed by atoms with Gasteiger partial charge in [-0.05, 0) is 93.2 Å². The van der Waals surface area contributed by atoms with Gasteiger partial charge in [-0.2, -0.15) is 11.8 Å². The number of esters is 2. The Morgan fingerprint density at radius 3 is 2.75 bits per heavy atom. The third kappa shape index (κ3) is 8.90. The molecule has 2 saturated heterocycles. The third-order valence-electron chi connectivity index (χ3n) is 11.4. The first kappa shape index (κ1) is 39.2. The van der Waals surface area contributed by atoms with Crippen molar-refractivity contribution in [3.63, 3.8) is 0 Å². The predicted octanol–water partition coefficient (Wildman–Crippen LogP) is 6.80. The number of piperidine rings is 1. The van der Waals surface area contributed by atoms with Gasteiger partial charge in [-0.25, -0.2) is 4.79 Å². The highest BCUT2D eigenvalue weighted by Gasteiger charge is 2.40.